The normalized spacial score (nSPS) is 12.1. The fraction of sp³-hybridized carbons (Fsp3) is 0. The topological polar surface area (TPSA) is 14.2 Å². The monoisotopic (exact) mass is 585 g/mol. The van der Waals surface area contributed by atoms with E-state index in [4.69, 9.17) is 4.74 Å². The smallest absolute Gasteiger partial charge is 0.135 e. The summed E-state index contributed by atoms with van der Waals surface area (Å²) < 4.78 is 8.74. The highest BCUT2D eigenvalue weighted by atomic mass is 16.5. The average Bonchev–Trinajstić information content (AvgIpc) is 3.44. The van der Waals surface area contributed by atoms with Crippen molar-refractivity contribution in [1.29, 1.82) is 0 Å². The van der Waals surface area contributed by atoms with E-state index in [0.29, 0.717) is 0 Å². The van der Waals surface area contributed by atoms with Crippen LogP contribution < -0.4 is 4.74 Å². The molecule has 0 aliphatic carbocycles. The summed E-state index contributed by atoms with van der Waals surface area (Å²) in [6.07, 6.45) is 0. The zero-order chi connectivity index (χ0) is 30.2. The van der Waals surface area contributed by atoms with Crippen LogP contribution >= 0.6 is 0 Å². The van der Waals surface area contributed by atoms with Gasteiger partial charge in [-0.1, -0.05) is 115 Å². The van der Waals surface area contributed by atoms with Crippen LogP contribution in [0.25, 0.3) is 82.4 Å². The predicted molar refractivity (Wildman–Crippen MR) is 192 cm³/mol. The van der Waals surface area contributed by atoms with Gasteiger partial charge in [-0.25, -0.2) is 0 Å². The Labute approximate surface area is 266 Å². The van der Waals surface area contributed by atoms with Gasteiger partial charge < -0.3 is 9.30 Å². The fourth-order valence-electron chi connectivity index (χ4n) is 7.36. The van der Waals surface area contributed by atoms with Gasteiger partial charge in [-0.05, 0) is 92.5 Å². The van der Waals surface area contributed by atoms with Crippen LogP contribution in [0.4, 0.5) is 0 Å². The summed E-state index contributed by atoms with van der Waals surface area (Å²) in [6, 6.07) is 59.1. The lowest BCUT2D eigenvalue weighted by Gasteiger charge is -2.22. The van der Waals surface area contributed by atoms with Crippen molar-refractivity contribution < 1.29 is 4.74 Å². The lowest BCUT2D eigenvalue weighted by atomic mass is 9.92. The molecule has 2 heterocycles. The van der Waals surface area contributed by atoms with Crippen molar-refractivity contribution in [3.8, 4) is 50.6 Å². The van der Waals surface area contributed by atoms with Gasteiger partial charge in [-0.3, -0.25) is 0 Å². The van der Waals surface area contributed by atoms with Crippen LogP contribution in [0.15, 0.2) is 164 Å². The fourth-order valence-corrected chi connectivity index (χ4v) is 7.36. The molecule has 214 valence electrons. The second-order valence-corrected chi connectivity index (χ2v) is 12.2. The molecule has 0 radical (unpaired) electrons. The van der Waals surface area contributed by atoms with E-state index < -0.39 is 0 Å². The number of para-hydroxylation sites is 1. The Kier molecular flexibility index (Phi) is 5.31. The van der Waals surface area contributed by atoms with E-state index in [9.17, 15) is 0 Å². The van der Waals surface area contributed by atoms with Crippen LogP contribution in [0.5, 0.6) is 11.5 Å². The van der Waals surface area contributed by atoms with Gasteiger partial charge in [0.25, 0.3) is 0 Å². The molecular formula is C44H27NO. The Balaban J connectivity index is 1.05. The van der Waals surface area contributed by atoms with E-state index in [-0.39, 0.29) is 0 Å². The van der Waals surface area contributed by atoms with E-state index in [0.717, 1.165) is 22.7 Å². The van der Waals surface area contributed by atoms with Crippen LogP contribution in [-0.2, 0) is 0 Å². The van der Waals surface area contributed by atoms with Crippen LogP contribution in [-0.4, -0.2) is 4.57 Å². The quantitative estimate of drug-likeness (QED) is 0.201. The summed E-state index contributed by atoms with van der Waals surface area (Å²) in [5.74, 6) is 1.83. The highest BCUT2D eigenvalue weighted by Gasteiger charge is 2.20. The zero-order valence-electron chi connectivity index (χ0n) is 24.9. The Hall–Kier alpha value is -6.12. The Morgan fingerprint density at radius 2 is 1.04 bits per heavy atom. The van der Waals surface area contributed by atoms with Crippen molar-refractivity contribution in [3.05, 3.63) is 164 Å². The Bertz CT molecular complexity index is 2660. The van der Waals surface area contributed by atoms with E-state index in [1.54, 1.807) is 0 Å². The molecule has 8 aromatic carbocycles. The highest BCUT2D eigenvalue weighted by molar-refractivity contribution is 6.13. The maximum absolute atomic E-state index is 6.33. The van der Waals surface area contributed by atoms with Crippen molar-refractivity contribution in [3.63, 3.8) is 0 Å². The standard InChI is InChI=1S/C44H27NO/c1-2-9-33-27-41-38(25-32(33)8-1)36-14-3-4-16-40(36)45(41)35-13-5-12-31(24-35)28-18-20-29(21-19-28)34-22-23-42-39(26-34)37-15-6-10-30-11-7-17-43(46-42)44(30)37/h1-27H. The summed E-state index contributed by atoms with van der Waals surface area (Å²) >= 11 is 0. The maximum Gasteiger partial charge on any atom is 0.135 e. The first-order valence-corrected chi connectivity index (χ1v) is 15.8. The molecule has 0 bridgehead atoms. The van der Waals surface area contributed by atoms with Gasteiger partial charge in [-0.15, -0.1) is 0 Å². The summed E-state index contributed by atoms with van der Waals surface area (Å²) in [6.45, 7) is 0. The van der Waals surface area contributed by atoms with Gasteiger partial charge in [0.2, 0.25) is 0 Å². The molecule has 0 fully saturated rings. The first kappa shape index (κ1) is 25.2. The van der Waals surface area contributed by atoms with Gasteiger partial charge in [0.15, 0.2) is 0 Å². The number of nitrogens with zero attached hydrogens (tertiary/aromatic N) is 1. The molecular weight excluding hydrogens is 558 g/mol. The molecule has 0 saturated carbocycles. The molecule has 46 heavy (non-hydrogen) atoms. The highest BCUT2D eigenvalue weighted by Crippen LogP contribution is 2.47. The predicted octanol–water partition coefficient (Wildman–Crippen LogP) is 12.2. The van der Waals surface area contributed by atoms with Crippen molar-refractivity contribution in [2.45, 2.75) is 0 Å². The van der Waals surface area contributed by atoms with Gasteiger partial charge in [0, 0.05) is 27.4 Å². The molecule has 0 saturated heterocycles. The summed E-state index contributed by atoms with van der Waals surface area (Å²) in [5.41, 5.74) is 10.7. The van der Waals surface area contributed by atoms with Crippen molar-refractivity contribution >= 4 is 43.4 Å². The summed E-state index contributed by atoms with van der Waals surface area (Å²) in [4.78, 5) is 0. The molecule has 10 rings (SSSR count). The number of aromatic nitrogens is 1. The number of fused-ring (bicyclic) bond motifs is 6. The van der Waals surface area contributed by atoms with Crippen LogP contribution in [0, 0.1) is 0 Å². The number of benzene rings is 8. The molecule has 9 aromatic rings. The van der Waals surface area contributed by atoms with Crippen LogP contribution in [0.3, 0.4) is 0 Å². The van der Waals surface area contributed by atoms with Gasteiger partial charge >= 0.3 is 0 Å². The Morgan fingerprint density at radius 1 is 0.370 bits per heavy atom. The zero-order valence-corrected chi connectivity index (χ0v) is 24.9. The summed E-state index contributed by atoms with van der Waals surface area (Å²) in [7, 11) is 0. The number of ether oxygens (including phenoxy) is 1. The second-order valence-electron chi connectivity index (χ2n) is 12.2. The van der Waals surface area contributed by atoms with Crippen LogP contribution in [0.2, 0.25) is 0 Å². The third kappa shape index (κ3) is 3.77. The van der Waals surface area contributed by atoms with E-state index in [1.165, 1.54) is 71.2 Å². The average molecular weight is 586 g/mol. The lowest BCUT2D eigenvalue weighted by Crippen LogP contribution is -1.97. The Morgan fingerprint density at radius 3 is 1.89 bits per heavy atom. The molecule has 0 amide bonds. The number of rotatable bonds is 3. The molecule has 0 spiro atoms. The largest absolute Gasteiger partial charge is 0.456 e. The molecule has 2 nitrogen and oxygen atoms in total. The molecule has 2 heteroatoms. The van der Waals surface area contributed by atoms with Crippen LogP contribution in [0.1, 0.15) is 0 Å². The first-order chi connectivity index (χ1) is 22.8. The van der Waals surface area contributed by atoms with Gasteiger partial charge in [0.05, 0.1) is 11.0 Å². The van der Waals surface area contributed by atoms with Crippen molar-refractivity contribution in [2.24, 2.45) is 0 Å². The first-order valence-electron chi connectivity index (χ1n) is 15.8. The SMILES string of the molecule is c1cc(-c2ccc(-c3ccc4c(c3)-c3cccc5cccc(c35)O4)cc2)cc(-n2c3ccccc3c3cc4ccccc4cc32)c1. The number of hydrogen-bond acceptors (Lipinski definition) is 1. The van der Waals surface area contributed by atoms with Crippen molar-refractivity contribution in [2.75, 3.05) is 0 Å². The van der Waals surface area contributed by atoms with E-state index >= 15 is 0 Å². The van der Waals surface area contributed by atoms with Gasteiger partial charge in [0.1, 0.15) is 11.5 Å². The molecule has 0 atom stereocenters. The van der Waals surface area contributed by atoms with E-state index in [1.807, 2.05) is 0 Å². The summed E-state index contributed by atoms with van der Waals surface area (Å²) in [5, 5.41) is 7.45. The maximum atomic E-state index is 6.33. The lowest BCUT2D eigenvalue weighted by molar-refractivity contribution is 0.487. The third-order valence-corrected chi connectivity index (χ3v) is 9.55. The minimum absolute atomic E-state index is 0.904. The third-order valence-electron chi connectivity index (χ3n) is 9.55. The minimum atomic E-state index is 0.904. The van der Waals surface area contributed by atoms with E-state index in [2.05, 4.69) is 168 Å². The molecule has 1 aliphatic rings. The number of hydrogen-bond donors (Lipinski definition) is 0. The van der Waals surface area contributed by atoms with Crippen molar-refractivity contribution in [1.82, 2.24) is 4.57 Å². The minimum Gasteiger partial charge on any atom is -0.456 e. The molecule has 0 unspecified atom stereocenters. The molecule has 0 N–H and O–H groups in total. The second kappa shape index (κ2) is 9.69. The van der Waals surface area contributed by atoms with Gasteiger partial charge in [-0.2, -0.15) is 0 Å². The molecule has 1 aliphatic heterocycles. The molecule has 1 aromatic heterocycles.